The lowest BCUT2D eigenvalue weighted by Gasteiger charge is -2.18. The van der Waals surface area contributed by atoms with E-state index < -0.39 is 28.6 Å². The first-order valence-electron chi connectivity index (χ1n) is 12.2. The van der Waals surface area contributed by atoms with Gasteiger partial charge in [0.2, 0.25) is 10.0 Å². The summed E-state index contributed by atoms with van der Waals surface area (Å²) < 4.78 is 27.6. The zero-order chi connectivity index (χ0) is 28.3. The predicted octanol–water partition coefficient (Wildman–Crippen LogP) is 4.02. The van der Waals surface area contributed by atoms with Crippen LogP contribution in [-0.2, 0) is 10.0 Å². The first kappa shape index (κ1) is 29.9. The van der Waals surface area contributed by atoms with E-state index in [1.165, 1.54) is 28.0 Å². The van der Waals surface area contributed by atoms with Crippen LogP contribution in [-0.4, -0.2) is 45.5 Å². The molecule has 0 aliphatic heterocycles. The van der Waals surface area contributed by atoms with Crippen molar-refractivity contribution in [2.24, 2.45) is 5.14 Å². The number of primary sulfonamides is 1. The summed E-state index contributed by atoms with van der Waals surface area (Å²) in [6, 6.07) is 35.7. The lowest BCUT2D eigenvalue weighted by atomic mass is 10.3. The Bertz CT molecular complexity index is 1340. The van der Waals surface area contributed by atoms with E-state index in [0.717, 1.165) is 12.6 Å². The SMILES string of the molecule is CN(C)CCCOc1ccc(S(N)(=O)=O)cc1[N+](=O)[O-].c1ccc(P(c2ccccc2)c2ccccc2)cc1. The topological polar surface area (TPSA) is 116 Å². The monoisotopic (exact) mass is 565 g/mol. The highest BCUT2D eigenvalue weighted by Gasteiger charge is 2.20. The van der Waals surface area contributed by atoms with Crippen LogP contribution < -0.4 is 25.8 Å². The summed E-state index contributed by atoms with van der Waals surface area (Å²) in [6.07, 6.45) is 0.696. The van der Waals surface area contributed by atoms with E-state index in [2.05, 4.69) is 91.0 Å². The number of hydrogen-bond acceptors (Lipinski definition) is 6. The minimum atomic E-state index is -3.98. The van der Waals surface area contributed by atoms with Gasteiger partial charge in [-0.3, -0.25) is 10.1 Å². The van der Waals surface area contributed by atoms with Crippen LogP contribution in [0, 0.1) is 10.1 Å². The van der Waals surface area contributed by atoms with Crippen LogP contribution in [0.3, 0.4) is 0 Å². The maximum atomic E-state index is 11.2. The first-order valence-corrected chi connectivity index (χ1v) is 15.1. The molecule has 0 spiro atoms. The number of sulfonamides is 1. The van der Waals surface area contributed by atoms with Gasteiger partial charge >= 0.3 is 5.69 Å². The Morgan fingerprint density at radius 3 is 1.67 bits per heavy atom. The van der Waals surface area contributed by atoms with Crippen molar-refractivity contribution in [1.29, 1.82) is 0 Å². The Hall–Kier alpha value is -3.62. The summed E-state index contributed by atoms with van der Waals surface area (Å²) in [6.45, 7) is 1.08. The smallest absolute Gasteiger partial charge is 0.312 e. The third kappa shape index (κ3) is 9.26. The Morgan fingerprint density at radius 2 is 1.28 bits per heavy atom. The molecule has 4 aromatic rings. The first-order chi connectivity index (χ1) is 18.7. The summed E-state index contributed by atoms with van der Waals surface area (Å²) in [5.74, 6) is 0.0288. The van der Waals surface area contributed by atoms with Gasteiger partial charge in [0.15, 0.2) is 5.75 Å². The highest BCUT2D eigenvalue weighted by atomic mass is 32.2. The highest BCUT2D eigenvalue weighted by Crippen LogP contribution is 2.32. The van der Waals surface area contributed by atoms with Gasteiger partial charge < -0.3 is 9.64 Å². The van der Waals surface area contributed by atoms with Crippen LogP contribution in [0.5, 0.6) is 5.75 Å². The number of nitro benzene ring substituents is 1. The van der Waals surface area contributed by atoms with Gasteiger partial charge in [-0.15, -0.1) is 0 Å². The number of nitrogens with zero attached hydrogens (tertiary/aromatic N) is 2. The molecule has 10 heteroatoms. The standard InChI is InChI=1S/C18H15P.C11H17N3O5S/c1-4-10-16(11-5-1)19(17-12-6-2-7-13-17)18-14-8-3-9-15-18;1-13(2)6-3-7-19-11-5-4-9(20(12,17)18)8-10(11)14(15)16/h1-15H;4-5,8H,3,6-7H2,1-2H3,(H2,12,17,18). The highest BCUT2D eigenvalue weighted by molar-refractivity contribution is 7.89. The molecule has 0 heterocycles. The molecule has 39 heavy (non-hydrogen) atoms. The van der Waals surface area contributed by atoms with Crippen LogP contribution in [0.2, 0.25) is 0 Å². The van der Waals surface area contributed by atoms with Crippen LogP contribution in [0.4, 0.5) is 5.69 Å². The largest absolute Gasteiger partial charge is 0.487 e. The number of nitro groups is 1. The van der Waals surface area contributed by atoms with Crippen molar-refractivity contribution in [3.05, 3.63) is 119 Å². The number of ether oxygens (including phenoxy) is 1. The van der Waals surface area contributed by atoms with Gasteiger partial charge in [0.25, 0.3) is 0 Å². The summed E-state index contributed by atoms with van der Waals surface area (Å²) >= 11 is 0. The molecule has 4 rings (SSSR count). The summed E-state index contributed by atoms with van der Waals surface area (Å²) in [5.41, 5.74) is -0.415. The van der Waals surface area contributed by atoms with Crippen molar-refractivity contribution in [2.45, 2.75) is 11.3 Å². The van der Waals surface area contributed by atoms with Crippen LogP contribution in [0.25, 0.3) is 0 Å². The number of hydrogen-bond donors (Lipinski definition) is 1. The molecule has 0 saturated heterocycles. The van der Waals surface area contributed by atoms with Gasteiger partial charge in [-0.05, 0) is 56.5 Å². The lowest BCUT2D eigenvalue weighted by Crippen LogP contribution is -2.20. The maximum Gasteiger partial charge on any atom is 0.312 e. The molecule has 0 aliphatic rings. The molecule has 0 aliphatic carbocycles. The number of benzene rings is 4. The van der Waals surface area contributed by atoms with Gasteiger partial charge in [-0.1, -0.05) is 91.0 Å². The molecule has 204 valence electrons. The molecule has 0 amide bonds. The number of rotatable bonds is 10. The summed E-state index contributed by atoms with van der Waals surface area (Å²) in [4.78, 5) is 11.9. The lowest BCUT2D eigenvalue weighted by molar-refractivity contribution is -0.386. The van der Waals surface area contributed by atoms with E-state index >= 15 is 0 Å². The van der Waals surface area contributed by atoms with Crippen molar-refractivity contribution < 1.29 is 18.1 Å². The van der Waals surface area contributed by atoms with Crippen molar-refractivity contribution >= 4 is 39.5 Å². The number of nitrogens with two attached hydrogens (primary N) is 1. The average molecular weight is 566 g/mol. The molecule has 4 aromatic carbocycles. The summed E-state index contributed by atoms with van der Waals surface area (Å²) in [7, 11) is -0.612. The second-order valence-electron chi connectivity index (χ2n) is 8.78. The van der Waals surface area contributed by atoms with Crippen LogP contribution in [0.15, 0.2) is 114 Å². The Morgan fingerprint density at radius 1 is 0.821 bits per heavy atom. The Labute approximate surface area is 231 Å². The van der Waals surface area contributed by atoms with E-state index in [1.807, 2.05) is 19.0 Å². The molecule has 0 bridgehead atoms. The van der Waals surface area contributed by atoms with Gasteiger partial charge in [0.05, 0.1) is 16.4 Å². The van der Waals surface area contributed by atoms with Crippen molar-refractivity contribution in [1.82, 2.24) is 4.90 Å². The normalized spacial score (nSPS) is 11.1. The molecule has 8 nitrogen and oxygen atoms in total. The Kier molecular flexibility index (Phi) is 11.1. The van der Waals surface area contributed by atoms with E-state index in [9.17, 15) is 18.5 Å². The average Bonchev–Trinajstić information content (AvgIpc) is 2.93. The second kappa shape index (κ2) is 14.5. The minimum Gasteiger partial charge on any atom is -0.487 e. The molecule has 0 unspecified atom stereocenters. The van der Waals surface area contributed by atoms with Gasteiger partial charge in [-0.25, -0.2) is 13.6 Å². The summed E-state index contributed by atoms with van der Waals surface area (Å²) in [5, 5.41) is 20.1. The quantitative estimate of drug-likeness (QED) is 0.134. The van der Waals surface area contributed by atoms with Gasteiger partial charge in [-0.2, -0.15) is 0 Å². The molecule has 0 radical (unpaired) electrons. The third-order valence-electron chi connectivity index (χ3n) is 5.51. The fraction of sp³-hybridized carbons (Fsp3) is 0.172. The van der Waals surface area contributed by atoms with Gasteiger partial charge in [0, 0.05) is 12.6 Å². The predicted molar refractivity (Wildman–Crippen MR) is 158 cm³/mol. The van der Waals surface area contributed by atoms with Crippen molar-refractivity contribution in [3.63, 3.8) is 0 Å². The zero-order valence-corrected chi connectivity index (χ0v) is 23.6. The van der Waals surface area contributed by atoms with E-state index in [-0.39, 0.29) is 10.6 Å². The molecule has 2 N–H and O–H groups in total. The fourth-order valence-corrected chi connectivity index (χ4v) is 6.52. The van der Waals surface area contributed by atoms with E-state index in [4.69, 9.17) is 9.88 Å². The van der Waals surface area contributed by atoms with E-state index in [1.54, 1.807) is 0 Å². The maximum absolute atomic E-state index is 11.2. The van der Waals surface area contributed by atoms with E-state index in [0.29, 0.717) is 13.0 Å². The van der Waals surface area contributed by atoms with Crippen molar-refractivity contribution in [3.8, 4) is 5.75 Å². The second-order valence-corrected chi connectivity index (χ2v) is 12.6. The van der Waals surface area contributed by atoms with Crippen LogP contribution in [0.1, 0.15) is 6.42 Å². The zero-order valence-electron chi connectivity index (χ0n) is 21.9. The molecular formula is C29H32N3O5PS. The molecule has 0 fully saturated rings. The minimum absolute atomic E-state index is 0.0288. The molecular weight excluding hydrogens is 533 g/mol. The molecule has 0 atom stereocenters. The van der Waals surface area contributed by atoms with Crippen LogP contribution >= 0.6 is 7.92 Å². The van der Waals surface area contributed by atoms with Crippen molar-refractivity contribution in [2.75, 3.05) is 27.2 Å². The fourth-order valence-electron chi connectivity index (χ4n) is 3.68. The van der Waals surface area contributed by atoms with Gasteiger partial charge in [0.1, 0.15) is 0 Å². The molecule has 0 saturated carbocycles. The third-order valence-corrected chi connectivity index (χ3v) is 8.86. The molecule has 0 aromatic heterocycles. The Balaban J connectivity index is 0.000000216.